The number of hydrogen-bond acceptors (Lipinski definition) is 3. The van der Waals surface area contributed by atoms with Gasteiger partial charge in [0.2, 0.25) is 5.91 Å². The van der Waals surface area contributed by atoms with E-state index in [1.165, 1.54) is 11.3 Å². The van der Waals surface area contributed by atoms with Gasteiger partial charge in [-0.15, -0.1) is 0 Å². The lowest BCUT2D eigenvalue weighted by atomic mass is 9.80. The average molecular weight is 323 g/mol. The number of urea groups is 1. The molecule has 0 aromatic heterocycles. The maximum Gasteiger partial charge on any atom is 0.324 e. The van der Waals surface area contributed by atoms with E-state index in [1.807, 2.05) is 6.92 Å². The summed E-state index contributed by atoms with van der Waals surface area (Å²) in [4.78, 5) is 28.8. The highest BCUT2D eigenvalue weighted by molar-refractivity contribution is 6.01. The second-order valence-corrected chi connectivity index (χ2v) is 6.72. The van der Waals surface area contributed by atoms with Crippen LogP contribution in [-0.2, 0) is 4.79 Å². The van der Waals surface area contributed by atoms with E-state index in [9.17, 15) is 9.59 Å². The third kappa shape index (κ3) is 5.11. The van der Waals surface area contributed by atoms with E-state index in [0.717, 1.165) is 37.2 Å². The summed E-state index contributed by atoms with van der Waals surface area (Å²) in [5.41, 5.74) is 0. The minimum Gasteiger partial charge on any atom is -0.357 e. The van der Waals surface area contributed by atoms with Gasteiger partial charge in [0.25, 0.3) is 0 Å². The number of nitrogens with one attached hydrogen (secondary N) is 3. The normalized spacial score (nSPS) is 28.7. The maximum atomic E-state index is 11.5. The Morgan fingerprint density at radius 2 is 1.96 bits per heavy atom. The zero-order chi connectivity index (χ0) is 16.8. The molecule has 0 spiro atoms. The van der Waals surface area contributed by atoms with Crippen LogP contribution in [0.1, 0.15) is 40.0 Å². The lowest BCUT2D eigenvalue weighted by Crippen LogP contribution is -2.46. The lowest BCUT2D eigenvalue weighted by molar-refractivity contribution is -0.124. The van der Waals surface area contributed by atoms with Crippen LogP contribution >= 0.6 is 0 Å². The molecule has 3 N–H and O–H groups in total. The molecule has 2 aliphatic rings. The van der Waals surface area contributed by atoms with E-state index in [1.54, 1.807) is 0 Å². The molecule has 2 fully saturated rings. The zero-order valence-corrected chi connectivity index (χ0v) is 14.4. The number of carbonyl (C=O) groups is 2. The molecule has 1 heterocycles. The molecule has 1 saturated carbocycles. The molecule has 7 heteroatoms. The molecule has 0 aromatic rings. The standard InChI is InChI=1S/C16H29N5O2/c1-4-17-15(20-13-8-11(2)7-12(3)9-13)18-5-6-21-14(22)10-19-16(21)23/h11-13H,4-10H2,1-3H3,(H,19,23)(H2,17,18,20). The van der Waals surface area contributed by atoms with E-state index in [-0.39, 0.29) is 18.5 Å². The topological polar surface area (TPSA) is 85.8 Å². The van der Waals surface area contributed by atoms with Crippen LogP contribution in [-0.4, -0.2) is 55.0 Å². The number of amides is 3. The van der Waals surface area contributed by atoms with Crippen molar-refractivity contribution in [2.24, 2.45) is 16.8 Å². The van der Waals surface area contributed by atoms with Crippen LogP contribution in [0.4, 0.5) is 4.79 Å². The van der Waals surface area contributed by atoms with Gasteiger partial charge in [-0.2, -0.15) is 0 Å². The molecular weight excluding hydrogens is 294 g/mol. The van der Waals surface area contributed by atoms with Crippen LogP contribution in [0.2, 0.25) is 0 Å². The molecule has 3 amide bonds. The predicted octanol–water partition coefficient (Wildman–Crippen LogP) is 0.918. The summed E-state index contributed by atoms with van der Waals surface area (Å²) in [5, 5.41) is 9.26. The first-order chi connectivity index (χ1) is 11.0. The van der Waals surface area contributed by atoms with Crippen molar-refractivity contribution in [2.75, 3.05) is 26.2 Å². The molecule has 1 aliphatic carbocycles. The molecule has 0 bridgehead atoms. The summed E-state index contributed by atoms with van der Waals surface area (Å²) < 4.78 is 0. The number of imide groups is 1. The Morgan fingerprint density at radius 3 is 2.52 bits per heavy atom. The van der Waals surface area contributed by atoms with Crippen molar-refractivity contribution >= 4 is 17.9 Å². The van der Waals surface area contributed by atoms with E-state index in [2.05, 4.69) is 34.8 Å². The van der Waals surface area contributed by atoms with Gasteiger partial charge in [-0.05, 0) is 38.0 Å². The van der Waals surface area contributed by atoms with E-state index >= 15 is 0 Å². The van der Waals surface area contributed by atoms with Crippen molar-refractivity contribution in [1.29, 1.82) is 0 Å². The summed E-state index contributed by atoms with van der Waals surface area (Å²) in [6, 6.07) is 0.112. The van der Waals surface area contributed by atoms with Crippen molar-refractivity contribution in [3.05, 3.63) is 0 Å². The van der Waals surface area contributed by atoms with E-state index < -0.39 is 0 Å². The Hall–Kier alpha value is -1.79. The fourth-order valence-electron chi connectivity index (χ4n) is 3.52. The SMILES string of the molecule is CCNC(=NCCN1C(=O)CNC1=O)NC1CC(C)CC(C)C1. The predicted molar refractivity (Wildman–Crippen MR) is 90.2 cm³/mol. The Labute approximate surface area is 138 Å². The number of nitrogens with zero attached hydrogens (tertiary/aromatic N) is 2. The molecule has 1 saturated heterocycles. The van der Waals surface area contributed by atoms with Crippen molar-refractivity contribution in [1.82, 2.24) is 20.9 Å². The van der Waals surface area contributed by atoms with Gasteiger partial charge < -0.3 is 16.0 Å². The summed E-state index contributed by atoms with van der Waals surface area (Å²) in [7, 11) is 0. The third-order valence-electron chi connectivity index (χ3n) is 4.39. The van der Waals surface area contributed by atoms with Crippen molar-refractivity contribution < 1.29 is 9.59 Å². The number of guanidine groups is 1. The van der Waals surface area contributed by atoms with Crippen LogP contribution in [0.5, 0.6) is 0 Å². The first-order valence-electron chi connectivity index (χ1n) is 8.62. The molecule has 0 radical (unpaired) electrons. The maximum absolute atomic E-state index is 11.5. The highest BCUT2D eigenvalue weighted by Gasteiger charge is 2.28. The van der Waals surface area contributed by atoms with Crippen molar-refractivity contribution in [3.63, 3.8) is 0 Å². The van der Waals surface area contributed by atoms with Crippen LogP contribution in [0, 0.1) is 11.8 Å². The Bertz CT molecular complexity index is 439. The second-order valence-electron chi connectivity index (χ2n) is 6.72. The molecule has 7 nitrogen and oxygen atoms in total. The molecular formula is C16H29N5O2. The molecule has 130 valence electrons. The number of carbonyl (C=O) groups excluding carboxylic acids is 2. The monoisotopic (exact) mass is 323 g/mol. The third-order valence-corrected chi connectivity index (χ3v) is 4.39. The van der Waals surface area contributed by atoms with Gasteiger partial charge in [0, 0.05) is 12.6 Å². The summed E-state index contributed by atoms with van der Waals surface area (Å²) in [6.45, 7) is 8.23. The fraction of sp³-hybridized carbons (Fsp3) is 0.812. The zero-order valence-electron chi connectivity index (χ0n) is 14.4. The highest BCUT2D eigenvalue weighted by atomic mass is 16.2. The smallest absolute Gasteiger partial charge is 0.324 e. The highest BCUT2D eigenvalue weighted by Crippen LogP contribution is 2.28. The lowest BCUT2D eigenvalue weighted by Gasteiger charge is -2.32. The van der Waals surface area contributed by atoms with E-state index in [0.29, 0.717) is 19.1 Å². The Kier molecular flexibility index (Phi) is 6.24. The molecule has 1 aliphatic heterocycles. The number of rotatable bonds is 5. The molecule has 0 aromatic carbocycles. The summed E-state index contributed by atoms with van der Waals surface area (Å²) in [5.74, 6) is 2.04. The first kappa shape index (κ1) is 17.6. The van der Waals surface area contributed by atoms with Crippen molar-refractivity contribution in [2.45, 2.75) is 46.1 Å². The average Bonchev–Trinajstić information content (AvgIpc) is 2.78. The van der Waals surface area contributed by atoms with Gasteiger partial charge in [0.15, 0.2) is 5.96 Å². The van der Waals surface area contributed by atoms with Crippen LogP contribution in [0.25, 0.3) is 0 Å². The fourth-order valence-corrected chi connectivity index (χ4v) is 3.52. The largest absolute Gasteiger partial charge is 0.357 e. The minimum atomic E-state index is -0.321. The Balaban J connectivity index is 1.87. The molecule has 2 unspecified atom stereocenters. The summed E-state index contributed by atoms with van der Waals surface area (Å²) in [6.07, 6.45) is 3.60. The van der Waals surface area contributed by atoms with Crippen LogP contribution in [0.15, 0.2) is 4.99 Å². The van der Waals surface area contributed by atoms with E-state index in [4.69, 9.17) is 0 Å². The summed E-state index contributed by atoms with van der Waals surface area (Å²) >= 11 is 0. The van der Waals surface area contributed by atoms with Gasteiger partial charge in [0.1, 0.15) is 0 Å². The second kappa shape index (κ2) is 8.17. The minimum absolute atomic E-state index is 0.0959. The molecule has 2 atom stereocenters. The van der Waals surface area contributed by atoms with Gasteiger partial charge in [0.05, 0.1) is 19.6 Å². The first-order valence-corrected chi connectivity index (χ1v) is 8.62. The molecule has 2 rings (SSSR count). The van der Waals surface area contributed by atoms with Gasteiger partial charge in [-0.1, -0.05) is 13.8 Å². The quantitative estimate of drug-likeness (QED) is 0.399. The van der Waals surface area contributed by atoms with Gasteiger partial charge >= 0.3 is 6.03 Å². The number of aliphatic imine (C=N–C) groups is 1. The van der Waals surface area contributed by atoms with Crippen LogP contribution < -0.4 is 16.0 Å². The number of hydrogen-bond donors (Lipinski definition) is 3. The molecule has 23 heavy (non-hydrogen) atoms. The van der Waals surface area contributed by atoms with Crippen LogP contribution in [0.3, 0.4) is 0 Å². The van der Waals surface area contributed by atoms with Gasteiger partial charge in [-0.3, -0.25) is 14.7 Å². The Morgan fingerprint density at radius 1 is 1.26 bits per heavy atom. The van der Waals surface area contributed by atoms with Gasteiger partial charge in [-0.25, -0.2) is 4.79 Å². The van der Waals surface area contributed by atoms with Crippen molar-refractivity contribution in [3.8, 4) is 0 Å².